The fraction of sp³-hybridized carbons (Fsp3) is 1.00. The summed E-state index contributed by atoms with van der Waals surface area (Å²) >= 11 is 0. The van der Waals surface area contributed by atoms with Crippen molar-refractivity contribution in [1.82, 2.24) is 5.32 Å². The van der Waals surface area contributed by atoms with Crippen molar-refractivity contribution in [1.29, 1.82) is 0 Å². The van der Waals surface area contributed by atoms with E-state index in [1.165, 1.54) is 0 Å². The molecular formula is C7H19N3O5. The van der Waals surface area contributed by atoms with Gasteiger partial charge >= 0.3 is 0 Å². The first-order valence-corrected chi connectivity index (χ1v) is 4.46. The molecule has 0 fully saturated rings. The summed E-state index contributed by atoms with van der Waals surface area (Å²) in [7, 11) is 0. The fourth-order valence-corrected chi connectivity index (χ4v) is 0.915. The third kappa shape index (κ3) is 3.63. The lowest BCUT2D eigenvalue weighted by Crippen LogP contribution is -2.68. The van der Waals surface area contributed by atoms with Gasteiger partial charge in [0.25, 0.3) is 0 Å². The molecule has 0 aliphatic rings. The molecule has 8 heteroatoms. The van der Waals surface area contributed by atoms with Crippen LogP contribution in [0.5, 0.6) is 0 Å². The van der Waals surface area contributed by atoms with Gasteiger partial charge in [-0.2, -0.15) is 0 Å². The molecule has 0 bridgehead atoms. The second-order valence-corrected chi connectivity index (χ2v) is 3.30. The third-order valence-electron chi connectivity index (χ3n) is 2.01. The summed E-state index contributed by atoms with van der Waals surface area (Å²) in [4.78, 5) is 0. The average Bonchev–Trinajstić information content (AvgIpc) is 2.17. The van der Waals surface area contributed by atoms with E-state index in [4.69, 9.17) is 26.8 Å². The van der Waals surface area contributed by atoms with E-state index < -0.39 is 24.2 Å². The maximum absolute atomic E-state index is 9.31. The smallest absolute Gasteiger partial charge is 0.244 e. The highest BCUT2D eigenvalue weighted by Crippen LogP contribution is 2.19. The molecule has 0 aromatic carbocycles. The molecule has 0 aliphatic heterocycles. The Labute approximate surface area is 87.1 Å². The van der Waals surface area contributed by atoms with E-state index in [0.29, 0.717) is 13.1 Å². The Morgan fingerprint density at radius 1 is 1.20 bits per heavy atom. The molecule has 0 amide bonds. The van der Waals surface area contributed by atoms with E-state index in [2.05, 4.69) is 5.32 Å². The number of hydrogen-bond donors (Lipinski definition) is 8. The van der Waals surface area contributed by atoms with Crippen molar-refractivity contribution in [3.8, 4) is 0 Å². The summed E-state index contributed by atoms with van der Waals surface area (Å²) in [5, 5.41) is 47.9. The standard InChI is InChI=1S/C7H19N3O5/c8-1-2-10-3-5(9)7(14,15)6(12,13)4-11/h5,10-15H,1-4,8-9H2. The number of aliphatic hydroxyl groups is 5. The largest absolute Gasteiger partial charge is 0.391 e. The van der Waals surface area contributed by atoms with Crippen LogP contribution in [0.4, 0.5) is 0 Å². The molecule has 0 rings (SSSR count). The zero-order valence-electron chi connectivity index (χ0n) is 8.30. The fourth-order valence-electron chi connectivity index (χ4n) is 0.915. The Morgan fingerprint density at radius 2 is 1.73 bits per heavy atom. The van der Waals surface area contributed by atoms with Gasteiger partial charge in [-0.25, -0.2) is 0 Å². The number of hydrogen-bond acceptors (Lipinski definition) is 8. The van der Waals surface area contributed by atoms with Crippen LogP contribution in [0.15, 0.2) is 0 Å². The highest BCUT2D eigenvalue weighted by atomic mass is 16.6. The van der Waals surface area contributed by atoms with E-state index in [9.17, 15) is 10.2 Å². The van der Waals surface area contributed by atoms with Gasteiger partial charge in [0.15, 0.2) is 0 Å². The van der Waals surface area contributed by atoms with Gasteiger partial charge in [-0.3, -0.25) is 0 Å². The van der Waals surface area contributed by atoms with Crippen molar-refractivity contribution in [3.63, 3.8) is 0 Å². The number of aliphatic hydroxyl groups excluding tert-OH is 1. The Bertz CT molecular complexity index is 187. The summed E-state index contributed by atoms with van der Waals surface area (Å²) in [6.07, 6.45) is 0. The van der Waals surface area contributed by atoms with Crippen molar-refractivity contribution in [2.24, 2.45) is 11.5 Å². The van der Waals surface area contributed by atoms with Crippen LogP contribution in [0.2, 0.25) is 0 Å². The first-order valence-electron chi connectivity index (χ1n) is 4.46. The Hall–Kier alpha value is -0.320. The second kappa shape index (κ2) is 5.68. The van der Waals surface area contributed by atoms with Gasteiger partial charge in [0.05, 0.1) is 6.04 Å². The maximum atomic E-state index is 9.31. The summed E-state index contributed by atoms with van der Waals surface area (Å²) in [5.74, 6) is -6.08. The van der Waals surface area contributed by atoms with Gasteiger partial charge < -0.3 is 42.3 Å². The molecule has 1 unspecified atom stereocenters. The van der Waals surface area contributed by atoms with Crippen LogP contribution in [0.3, 0.4) is 0 Å². The summed E-state index contributed by atoms with van der Waals surface area (Å²) in [6, 6.07) is -1.38. The molecule has 0 aliphatic carbocycles. The lowest BCUT2D eigenvalue weighted by atomic mass is 9.98. The number of rotatable bonds is 7. The predicted molar refractivity (Wildman–Crippen MR) is 51.3 cm³/mol. The Kier molecular flexibility index (Phi) is 5.56. The summed E-state index contributed by atoms with van der Waals surface area (Å²) in [6.45, 7) is -0.607. The minimum Gasteiger partial charge on any atom is -0.391 e. The third-order valence-corrected chi connectivity index (χ3v) is 2.01. The first-order chi connectivity index (χ1) is 6.79. The topological polar surface area (TPSA) is 165 Å². The van der Waals surface area contributed by atoms with Gasteiger partial charge in [0.2, 0.25) is 11.6 Å². The van der Waals surface area contributed by atoms with Gasteiger partial charge in [-0.05, 0) is 0 Å². The minimum atomic E-state index is -3.07. The monoisotopic (exact) mass is 225 g/mol. The van der Waals surface area contributed by atoms with E-state index in [1.54, 1.807) is 0 Å². The zero-order valence-corrected chi connectivity index (χ0v) is 8.30. The Balaban J connectivity index is 4.31. The van der Waals surface area contributed by atoms with Crippen LogP contribution in [-0.2, 0) is 0 Å². The number of nitrogens with one attached hydrogen (secondary N) is 1. The second-order valence-electron chi connectivity index (χ2n) is 3.30. The molecule has 0 spiro atoms. The molecule has 92 valence electrons. The molecule has 15 heavy (non-hydrogen) atoms. The quantitative estimate of drug-likeness (QED) is 0.158. The highest BCUT2D eigenvalue weighted by molar-refractivity contribution is 4.91. The average molecular weight is 225 g/mol. The van der Waals surface area contributed by atoms with Crippen molar-refractivity contribution >= 4 is 0 Å². The van der Waals surface area contributed by atoms with Crippen LogP contribution in [-0.4, -0.2) is 69.4 Å². The van der Waals surface area contributed by atoms with Crippen LogP contribution < -0.4 is 16.8 Å². The summed E-state index contributed by atoms with van der Waals surface area (Å²) < 4.78 is 0. The van der Waals surface area contributed by atoms with Gasteiger partial charge in [-0.1, -0.05) is 0 Å². The molecule has 0 radical (unpaired) electrons. The molecular weight excluding hydrogens is 206 g/mol. The van der Waals surface area contributed by atoms with E-state index in [-0.39, 0.29) is 6.54 Å². The van der Waals surface area contributed by atoms with Crippen LogP contribution >= 0.6 is 0 Å². The zero-order chi connectivity index (χ0) is 12.1. The molecule has 1 atom stereocenters. The van der Waals surface area contributed by atoms with E-state index in [1.807, 2.05) is 0 Å². The van der Waals surface area contributed by atoms with Crippen LogP contribution in [0, 0.1) is 0 Å². The van der Waals surface area contributed by atoms with Crippen molar-refractivity contribution < 1.29 is 25.5 Å². The van der Waals surface area contributed by atoms with Crippen molar-refractivity contribution in [3.05, 3.63) is 0 Å². The van der Waals surface area contributed by atoms with E-state index in [0.717, 1.165) is 0 Å². The predicted octanol–water partition coefficient (Wildman–Crippen LogP) is -4.78. The van der Waals surface area contributed by atoms with Gasteiger partial charge in [0, 0.05) is 19.6 Å². The number of nitrogens with two attached hydrogens (primary N) is 2. The van der Waals surface area contributed by atoms with Crippen LogP contribution in [0.25, 0.3) is 0 Å². The molecule has 0 heterocycles. The lowest BCUT2D eigenvalue weighted by molar-refractivity contribution is -0.371. The normalized spacial score (nSPS) is 15.4. The molecule has 0 aromatic heterocycles. The molecule has 0 saturated carbocycles. The SMILES string of the molecule is NCCNCC(N)C(O)(O)C(O)(O)CO. The van der Waals surface area contributed by atoms with E-state index >= 15 is 0 Å². The summed E-state index contributed by atoms with van der Waals surface area (Å²) in [5.41, 5.74) is 10.5. The first kappa shape index (κ1) is 14.7. The molecule has 0 saturated heterocycles. The van der Waals surface area contributed by atoms with Gasteiger partial charge in [0.1, 0.15) is 6.61 Å². The molecule has 8 nitrogen and oxygen atoms in total. The maximum Gasteiger partial charge on any atom is 0.244 e. The molecule has 0 aromatic rings. The Morgan fingerprint density at radius 3 is 2.13 bits per heavy atom. The van der Waals surface area contributed by atoms with Crippen molar-refractivity contribution in [2.45, 2.75) is 17.6 Å². The van der Waals surface area contributed by atoms with Crippen molar-refractivity contribution in [2.75, 3.05) is 26.2 Å². The van der Waals surface area contributed by atoms with Gasteiger partial charge in [-0.15, -0.1) is 0 Å². The highest BCUT2D eigenvalue weighted by Gasteiger charge is 2.51. The molecule has 10 N–H and O–H groups in total. The van der Waals surface area contributed by atoms with Crippen LogP contribution in [0.1, 0.15) is 0 Å². The minimum absolute atomic E-state index is 0.0902. The lowest BCUT2D eigenvalue weighted by Gasteiger charge is -2.37.